The lowest BCUT2D eigenvalue weighted by molar-refractivity contribution is -0.124. The lowest BCUT2D eigenvalue weighted by Crippen LogP contribution is -2.50. The monoisotopic (exact) mass is 302 g/mol. The lowest BCUT2D eigenvalue weighted by Gasteiger charge is -2.57. The van der Waals surface area contributed by atoms with Crippen LogP contribution in [0.4, 0.5) is 0 Å². The second-order valence-corrected chi connectivity index (χ2v) is 7.87. The molecule has 0 saturated heterocycles. The zero-order valence-electron chi connectivity index (χ0n) is 14.5. The third-order valence-corrected chi connectivity index (χ3v) is 6.77. The van der Waals surface area contributed by atoms with Crippen molar-refractivity contribution in [2.24, 2.45) is 22.7 Å². The van der Waals surface area contributed by atoms with Gasteiger partial charge in [0, 0.05) is 5.92 Å². The van der Waals surface area contributed by atoms with E-state index in [9.17, 15) is 9.59 Å². The second kappa shape index (κ2) is 6.52. The normalized spacial score (nSPS) is 38.9. The SMILES string of the molecule is CC(=CC=O)CCC1(C)C(C=O)CCC2(C)C(C)=CCCC21. The van der Waals surface area contributed by atoms with Crippen LogP contribution < -0.4 is 0 Å². The standard InChI is InChI=1S/C20H30O2/c1-15(10-13-21)8-11-20(4)17(14-22)9-12-19(3)16(2)6-5-7-18(19)20/h6,10,13-14,17-18H,5,7-9,11-12H2,1-4H3. The maximum atomic E-state index is 11.7. The average molecular weight is 302 g/mol. The molecule has 2 aliphatic carbocycles. The summed E-state index contributed by atoms with van der Waals surface area (Å²) in [4.78, 5) is 22.4. The molecule has 0 aromatic rings. The zero-order valence-corrected chi connectivity index (χ0v) is 14.5. The van der Waals surface area contributed by atoms with Crippen LogP contribution in [0, 0.1) is 22.7 Å². The summed E-state index contributed by atoms with van der Waals surface area (Å²) < 4.78 is 0. The lowest BCUT2D eigenvalue weighted by atomic mass is 9.47. The summed E-state index contributed by atoms with van der Waals surface area (Å²) in [5.41, 5.74) is 2.92. The molecule has 4 atom stereocenters. The Morgan fingerprint density at radius 3 is 2.68 bits per heavy atom. The molecule has 0 aliphatic heterocycles. The van der Waals surface area contributed by atoms with Gasteiger partial charge in [-0.3, -0.25) is 4.79 Å². The van der Waals surface area contributed by atoms with Crippen molar-refractivity contribution in [2.75, 3.05) is 0 Å². The first-order valence-corrected chi connectivity index (χ1v) is 8.62. The smallest absolute Gasteiger partial charge is 0.142 e. The molecule has 0 spiro atoms. The van der Waals surface area contributed by atoms with Crippen molar-refractivity contribution in [3.63, 3.8) is 0 Å². The third-order valence-electron chi connectivity index (χ3n) is 6.77. The summed E-state index contributed by atoms with van der Waals surface area (Å²) in [5.74, 6) is 0.721. The molecule has 0 heterocycles. The number of aldehydes is 2. The van der Waals surface area contributed by atoms with Crippen molar-refractivity contribution in [1.82, 2.24) is 0 Å². The molecule has 2 heteroatoms. The number of allylic oxidation sites excluding steroid dienone is 4. The molecule has 2 rings (SSSR count). The number of rotatable bonds is 5. The van der Waals surface area contributed by atoms with Crippen LogP contribution in [0.15, 0.2) is 23.3 Å². The average Bonchev–Trinajstić information content (AvgIpc) is 2.48. The van der Waals surface area contributed by atoms with E-state index in [4.69, 9.17) is 0 Å². The fraction of sp³-hybridized carbons (Fsp3) is 0.700. The Bertz CT molecular complexity index is 502. The largest absolute Gasteiger partial charge is 0.303 e. The maximum Gasteiger partial charge on any atom is 0.142 e. The Balaban J connectivity index is 2.30. The number of carbonyl (C=O) groups is 2. The molecule has 0 bridgehead atoms. The Kier molecular flexibility index (Phi) is 5.09. The van der Waals surface area contributed by atoms with Gasteiger partial charge < -0.3 is 4.79 Å². The number of hydrogen-bond acceptors (Lipinski definition) is 2. The van der Waals surface area contributed by atoms with Gasteiger partial charge in [-0.15, -0.1) is 0 Å². The maximum absolute atomic E-state index is 11.7. The van der Waals surface area contributed by atoms with Crippen molar-refractivity contribution in [2.45, 2.75) is 66.2 Å². The van der Waals surface area contributed by atoms with Crippen LogP contribution >= 0.6 is 0 Å². The Hall–Kier alpha value is -1.18. The van der Waals surface area contributed by atoms with Crippen molar-refractivity contribution in [1.29, 1.82) is 0 Å². The highest BCUT2D eigenvalue weighted by molar-refractivity contribution is 5.65. The van der Waals surface area contributed by atoms with Gasteiger partial charge in [-0.2, -0.15) is 0 Å². The predicted molar refractivity (Wildman–Crippen MR) is 90.5 cm³/mol. The molecule has 0 aromatic heterocycles. The van der Waals surface area contributed by atoms with Crippen molar-refractivity contribution in [3.05, 3.63) is 23.3 Å². The van der Waals surface area contributed by atoms with Gasteiger partial charge in [0.25, 0.3) is 0 Å². The third kappa shape index (κ3) is 2.85. The summed E-state index contributed by atoms with van der Waals surface area (Å²) in [7, 11) is 0. The Morgan fingerprint density at radius 1 is 1.32 bits per heavy atom. The van der Waals surface area contributed by atoms with E-state index in [0.717, 1.165) is 44.0 Å². The van der Waals surface area contributed by atoms with Crippen molar-refractivity contribution < 1.29 is 9.59 Å². The van der Waals surface area contributed by atoms with Crippen LogP contribution in [0.5, 0.6) is 0 Å². The molecule has 1 fully saturated rings. The van der Waals surface area contributed by atoms with Gasteiger partial charge >= 0.3 is 0 Å². The van der Waals surface area contributed by atoms with Crippen molar-refractivity contribution in [3.8, 4) is 0 Å². The van der Waals surface area contributed by atoms with Gasteiger partial charge in [-0.25, -0.2) is 0 Å². The van der Waals surface area contributed by atoms with Gasteiger partial charge in [0.05, 0.1) is 0 Å². The molecule has 4 unspecified atom stereocenters. The number of carbonyl (C=O) groups excluding carboxylic acids is 2. The number of hydrogen-bond donors (Lipinski definition) is 0. The molecular weight excluding hydrogens is 272 g/mol. The first kappa shape index (κ1) is 17.2. The fourth-order valence-corrected chi connectivity index (χ4v) is 5.01. The highest BCUT2D eigenvalue weighted by Gasteiger charge is 2.54. The second-order valence-electron chi connectivity index (χ2n) is 7.87. The van der Waals surface area contributed by atoms with Crippen LogP contribution in [0.25, 0.3) is 0 Å². The van der Waals surface area contributed by atoms with E-state index in [1.807, 2.05) is 6.92 Å². The van der Waals surface area contributed by atoms with Gasteiger partial charge in [0.2, 0.25) is 0 Å². The zero-order chi connectivity index (χ0) is 16.4. The van der Waals surface area contributed by atoms with Crippen LogP contribution in [0.3, 0.4) is 0 Å². The van der Waals surface area contributed by atoms with E-state index in [0.29, 0.717) is 5.92 Å². The number of fused-ring (bicyclic) bond motifs is 1. The molecule has 0 radical (unpaired) electrons. The quantitative estimate of drug-likeness (QED) is 0.411. The minimum Gasteiger partial charge on any atom is -0.303 e. The molecule has 1 saturated carbocycles. The van der Waals surface area contributed by atoms with Gasteiger partial charge in [0.15, 0.2) is 0 Å². The van der Waals surface area contributed by atoms with E-state index in [1.54, 1.807) is 6.08 Å². The molecular formula is C20H30O2. The molecule has 2 aliphatic rings. The topological polar surface area (TPSA) is 34.1 Å². The predicted octanol–water partition coefficient (Wildman–Crippen LogP) is 4.89. The van der Waals surface area contributed by atoms with E-state index in [2.05, 4.69) is 26.8 Å². The van der Waals surface area contributed by atoms with Crippen LogP contribution in [-0.4, -0.2) is 12.6 Å². The highest BCUT2D eigenvalue weighted by Crippen LogP contribution is 2.61. The molecule has 0 amide bonds. The molecule has 2 nitrogen and oxygen atoms in total. The summed E-state index contributed by atoms with van der Waals surface area (Å²) in [6, 6.07) is 0. The van der Waals surface area contributed by atoms with E-state index >= 15 is 0 Å². The van der Waals surface area contributed by atoms with Crippen LogP contribution in [-0.2, 0) is 9.59 Å². The summed E-state index contributed by atoms with van der Waals surface area (Å²) in [5, 5.41) is 0. The van der Waals surface area contributed by atoms with Gasteiger partial charge in [-0.1, -0.05) is 31.1 Å². The minimum absolute atomic E-state index is 0.0439. The molecule has 122 valence electrons. The molecule has 0 aromatic carbocycles. The fourth-order valence-electron chi connectivity index (χ4n) is 5.01. The van der Waals surface area contributed by atoms with Crippen molar-refractivity contribution >= 4 is 12.6 Å². The molecule has 0 N–H and O–H groups in total. The molecule has 22 heavy (non-hydrogen) atoms. The Labute approximate surface area is 135 Å². The van der Waals surface area contributed by atoms with E-state index in [-0.39, 0.29) is 16.7 Å². The van der Waals surface area contributed by atoms with Gasteiger partial charge in [-0.05, 0) is 75.2 Å². The minimum atomic E-state index is 0.0439. The van der Waals surface area contributed by atoms with Gasteiger partial charge in [0.1, 0.15) is 12.6 Å². The van der Waals surface area contributed by atoms with Crippen LogP contribution in [0.2, 0.25) is 0 Å². The summed E-state index contributed by atoms with van der Waals surface area (Å²) in [6.45, 7) is 9.00. The van der Waals surface area contributed by atoms with E-state index < -0.39 is 0 Å². The van der Waals surface area contributed by atoms with E-state index in [1.165, 1.54) is 18.3 Å². The van der Waals surface area contributed by atoms with Crippen LogP contribution in [0.1, 0.15) is 66.2 Å². The first-order valence-electron chi connectivity index (χ1n) is 8.62. The summed E-state index contributed by atoms with van der Waals surface area (Å²) >= 11 is 0. The first-order chi connectivity index (χ1) is 10.4. The summed E-state index contributed by atoms with van der Waals surface area (Å²) in [6.07, 6.45) is 12.5. The Morgan fingerprint density at radius 2 is 2.05 bits per heavy atom. The highest BCUT2D eigenvalue weighted by atomic mass is 16.1.